The lowest BCUT2D eigenvalue weighted by Crippen LogP contribution is -2.33. The molecule has 2 aromatic rings. The smallest absolute Gasteiger partial charge is 0.246 e. The minimum atomic E-state index is 0.0441. The average Bonchev–Trinajstić information content (AvgIpc) is 2.72. The molecule has 3 heterocycles. The van der Waals surface area contributed by atoms with E-state index in [4.69, 9.17) is 0 Å². The average molecular weight is 357 g/mol. The van der Waals surface area contributed by atoms with E-state index in [0.29, 0.717) is 6.54 Å². The summed E-state index contributed by atoms with van der Waals surface area (Å²) in [6.45, 7) is 5.35. The summed E-state index contributed by atoms with van der Waals surface area (Å²) in [5.74, 6) is 0.923. The van der Waals surface area contributed by atoms with Crippen molar-refractivity contribution in [1.29, 1.82) is 0 Å². The van der Waals surface area contributed by atoms with Crippen molar-refractivity contribution in [1.82, 2.24) is 9.88 Å². The molecule has 1 aromatic heterocycles. The van der Waals surface area contributed by atoms with Crippen LogP contribution in [0.1, 0.15) is 29.5 Å². The number of carbonyl (C=O) groups excluding carboxylic acids is 1. The van der Waals surface area contributed by atoms with Crippen LogP contribution in [0.2, 0.25) is 0 Å². The minimum absolute atomic E-state index is 0.0441. The number of nitrogens with zero attached hydrogens (tertiary/aromatic N) is 2. The van der Waals surface area contributed by atoms with Gasteiger partial charge in [-0.05, 0) is 53.7 Å². The molecule has 0 fully saturated rings. The highest BCUT2D eigenvalue weighted by molar-refractivity contribution is 5.92. The number of aryl methyl sites for hydroxylation is 1. The third kappa shape index (κ3) is 4.00. The van der Waals surface area contributed by atoms with Crippen LogP contribution in [0.4, 0.5) is 5.82 Å². The van der Waals surface area contributed by atoms with Gasteiger partial charge in [-0.1, -0.05) is 43.0 Å². The van der Waals surface area contributed by atoms with E-state index < -0.39 is 0 Å². The van der Waals surface area contributed by atoms with Gasteiger partial charge in [-0.25, -0.2) is 4.98 Å². The van der Waals surface area contributed by atoms with Gasteiger partial charge in [0.2, 0.25) is 5.91 Å². The molecule has 4 rings (SSSR count). The Balaban J connectivity index is 1.40. The highest BCUT2D eigenvalue weighted by atomic mass is 16.2. The van der Waals surface area contributed by atoms with E-state index in [1.165, 1.54) is 16.7 Å². The number of aromatic nitrogens is 1. The first-order valence-corrected chi connectivity index (χ1v) is 9.34. The molecule has 1 aromatic carbocycles. The zero-order valence-electron chi connectivity index (χ0n) is 15.3. The number of hydrogen-bond donors (Lipinski definition) is 1. The molecule has 2 aliphatic rings. The molecule has 27 heavy (non-hydrogen) atoms. The second-order valence-electron chi connectivity index (χ2n) is 6.97. The second kappa shape index (κ2) is 7.62. The van der Waals surface area contributed by atoms with Gasteiger partial charge in [0.05, 0.1) is 0 Å². The topological polar surface area (TPSA) is 45.2 Å². The van der Waals surface area contributed by atoms with E-state index in [1.807, 2.05) is 17.0 Å². The number of amides is 1. The molecule has 1 amide bonds. The predicted octanol–water partition coefficient (Wildman–Crippen LogP) is 4.28. The Labute approximate surface area is 159 Å². The van der Waals surface area contributed by atoms with Gasteiger partial charge >= 0.3 is 0 Å². The number of hydrogen-bond acceptors (Lipinski definition) is 3. The van der Waals surface area contributed by atoms with Crippen LogP contribution in [0.3, 0.4) is 0 Å². The van der Waals surface area contributed by atoms with Gasteiger partial charge in [-0.15, -0.1) is 0 Å². The lowest BCUT2D eigenvalue weighted by Gasteiger charge is -2.25. The largest absolute Gasteiger partial charge is 0.344 e. The SMILES string of the molecule is C=C1CCc2cc(/C=C/C(=O)N3CC=C(c4ccccc4)CC3)cnc2N1. The van der Waals surface area contributed by atoms with Crippen LogP contribution in [-0.2, 0) is 11.2 Å². The van der Waals surface area contributed by atoms with Crippen molar-refractivity contribution in [3.05, 3.63) is 83.7 Å². The first-order valence-electron chi connectivity index (χ1n) is 9.34. The standard InChI is InChI=1S/C23H23N3O/c1-17-7-9-21-15-18(16-24-23(21)25-17)8-10-22(27)26-13-11-20(12-14-26)19-5-3-2-4-6-19/h2-6,8,10-11,15-16H,1,7,9,12-14H2,(H,24,25)/b10-8+. The van der Waals surface area contributed by atoms with Crippen molar-refractivity contribution in [3.8, 4) is 0 Å². The summed E-state index contributed by atoms with van der Waals surface area (Å²) in [5.41, 5.74) is 5.69. The molecule has 0 unspecified atom stereocenters. The van der Waals surface area contributed by atoms with E-state index in [-0.39, 0.29) is 5.91 Å². The molecule has 2 aliphatic heterocycles. The van der Waals surface area contributed by atoms with Gasteiger partial charge < -0.3 is 10.2 Å². The van der Waals surface area contributed by atoms with Gasteiger partial charge in [0.15, 0.2) is 0 Å². The number of fused-ring (bicyclic) bond motifs is 1. The Morgan fingerprint density at radius 3 is 2.81 bits per heavy atom. The summed E-state index contributed by atoms with van der Waals surface area (Å²) in [7, 11) is 0. The van der Waals surface area contributed by atoms with E-state index in [9.17, 15) is 4.79 Å². The fraction of sp³-hybridized carbons (Fsp3) is 0.217. The number of pyridine rings is 1. The van der Waals surface area contributed by atoms with Crippen molar-refractivity contribution in [2.24, 2.45) is 0 Å². The number of anilines is 1. The van der Waals surface area contributed by atoms with Crippen LogP contribution >= 0.6 is 0 Å². The molecule has 0 saturated heterocycles. The molecule has 0 aliphatic carbocycles. The van der Waals surface area contributed by atoms with Crippen molar-refractivity contribution < 1.29 is 4.79 Å². The van der Waals surface area contributed by atoms with Crippen LogP contribution in [0.5, 0.6) is 0 Å². The quantitative estimate of drug-likeness (QED) is 0.834. The van der Waals surface area contributed by atoms with E-state index >= 15 is 0 Å². The molecule has 1 N–H and O–H groups in total. The molecule has 0 saturated carbocycles. The van der Waals surface area contributed by atoms with Crippen LogP contribution in [0.15, 0.2) is 67.0 Å². The molecular weight excluding hydrogens is 334 g/mol. The summed E-state index contributed by atoms with van der Waals surface area (Å²) in [5, 5.41) is 3.21. The van der Waals surface area contributed by atoms with Gasteiger partial charge in [0, 0.05) is 31.1 Å². The molecule has 0 bridgehead atoms. The maximum atomic E-state index is 12.5. The lowest BCUT2D eigenvalue weighted by atomic mass is 9.99. The molecule has 4 nitrogen and oxygen atoms in total. The molecule has 4 heteroatoms. The van der Waals surface area contributed by atoms with Crippen molar-refractivity contribution in [3.63, 3.8) is 0 Å². The maximum Gasteiger partial charge on any atom is 0.246 e. The zero-order chi connectivity index (χ0) is 18.6. The van der Waals surface area contributed by atoms with Crippen LogP contribution in [0.25, 0.3) is 11.6 Å². The van der Waals surface area contributed by atoms with Crippen molar-refractivity contribution >= 4 is 23.4 Å². The summed E-state index contributed by atoms with van der Waals surface area (Å²) in [6.07, 6.45) is 10.2. The van der Waals surface area contributed by atoms with Gasteiger partial charge in [0.1, 0.15) is 5.82 Å². The Bertz CT molecular complexity index is 928. The maximum absolute atomic E-state index is 12.5. The van der Waals surface area contributed by atoms with Gasteiger partial charge in [-0.2, -0.15) is 0 Å². The molecule has 136 valence electrons. The van der Waals surface area contributed by atoms with Gasteiger partial charge in [-0.3, -0.25) is 4.79 Å². The Hall–Kier alpha value is -3.14. The second-order valence-corrected chi connectivity index (χ2v) is 6.97. The Morgan fingerprint density at radius 2 is 2.04 bits per heavy atom. The monoisotopic (exact) mass is 357 g/mol. The third-order valence-corrected chi connectivity index (χ3v) is 5.06. The van der Waals surface area contributed by atoms with Crippen LogP contribution in [0, 0.1) is 0 Å². The zero-order valence-corrected chi connectivity index (χ0v) is 15.3. The first-order chi connectivity index (χ1) is 13.2. The number of nitrogens with one attached hydrogen (secondary N) is 1. The van der Waals surface area contributed by atoms with Crippen molar-refractivity contribution in [2.75, 3.05) is 18.4 Å². The Morgan fingerprint density at radius 1 is 1.19 bits per heavy atom. The van der Waals surface area contributed by atoms with Gasteiger partial charge in [0.25, 0.3) is 0 Å². The van der Waals surface area contributed by atoms with E-state index in [0.717, 1.165) is 42.9 Å². The third-order valence-electron chi connectivity index (χ3n) is 5.06. The number of allylic oxidation sites excluding steroid dienone is 1. The predicted molar refractivity (Wildman–Crippen MR) is 110 cm³/mol. The normalized spacial score (nSPS) is 16.7. The summed E-state index contributed by atoms with van der Waals surface area (Å²) in [6, 6.07) is 12.5. The number of benzene rings is 1. The fourth-order valence-electron chi connectivity index (χ4n) is 3.50. The van der Waals surface area contributed by atoms with Crippen LogP contribution < -0.4 is 5.32 Å². The summed E-state index contributed by atoms with van der Waals surface area (Å²) >= 11 is 0. The van der Waals surface area contributed by atoms with E-state index in [1.54, 1.807) is 12.3 Å². The summed E-state index contributed by atoms with van der Waals surface area (Å²) in [4.78, 5) is 18.8. The van der Waals surface area contributed by atoms with Crippen molar-refractivity contribution in [2.45, 2.75) is 19.3 Å². The molecule has 0 atom stereocenters. The lowest BCUT2D eigenvalue weighted by molar-refractivity contribution is -0.125. The Kier molecular flexibility index (Phi) is 4.88. The minimum Gasteiger partial charge on any atom is -0.344 e. The number of carbonyl (C=O) groups is 1. The molecular formula is C23H23N3O. The van der Waals surface area contributed by atoms with E-state index in [2.05, 4.69) is 53.3 Å². The molecule has 0 spiro atoms. The fourth-order valence-corrected chi connectivity index (χ4v) is 3.50. The summed E-state index contributed by atoms with van der Waals surface area (Å²) < 4.78 is 0. The highest BCUT2D eigenvalue weighted by Gasteiger charge is 2.16. The highest BCUT2D eigenvalue weighted by Crippen LogP contribution is 2.25. The number of rotatable bonds is 3. The first kappa shape index (κ1) is 17.3. The van der Waals surface area contributed by atoms with Crippen LogP contribution in [-0.4, -0.2) is 28.9 Å². The molecule has 0 radical (unpaired) electrons.